The van der Waals surface area contributed by atoms with Gasteiger partial charge in [-0.1, -0.05) is 0 Å². The van der Waals surface area contributed by atoms with E-state index in [0.29, 0.717) is 13.1 Å². The van der Waals surface area contributed by atoms with Crippen LogP contribution in [0.4, 0.5) is 30.6 Å². The normalized spacial score (nSPS) is 11.3. The molecule has 0 aliphatic rings. The zero-order valence-corrected chi connectivity index (χ0v) is 12.0. The smallest absolute Gasteiger partial charge is 0.368 e. The van der Waals surface area contributed by atoms with Gasteiger partial charge in [0, 0.05) is 26.3 Å². The third kappa shape index (κ3) is 4.08. The number of halogens is 3. The highest BCUT2D eigenvalue weighted by atomic mass is 19.4. The molecule has 0 saturated heterocycles. The van der Waals surface area contributed by atoms with Gasteiger partial charge in [0.05, 0.1) is 5.56 Å². The average Bonchev–Trinajstić information content (AvgIpc) is 2.84. The summed E-state index contributed by atoms with van der Waals surface area (Å²) in [6.07, 6.45) is -2.38. The minimum absolute atomic E-state index is 0.247. The topological polar surface area (TPSA) is 97.9 Å². The molecule has 0 aromatic carbocycles. The van der Waals surface area contributed by atoms with Crippen LogP contribution in [0.15, 0.2) is 24.7 Å². The van der Waals surface area contributed by atoms with Crippen LogP contribution < -0.4 is 10.6 Å². The number of imidazole rings is 1. The lowest BCUT2D eigenvalue weighted by atomic mass is 10.3. The summed E-state index contributed by atoms with van der Waals surface area (Å²) >= 11 is 0. The van der Waals surface area contributed by atoms with E-state index in [-0.39, 0.29) is 17.5 Å². The Hall–Kier alpha value is -2.85. The van der Waals surface area contributed by atoms with Gasteiger partial charge in [-0.3, -0.25) is 4.57 Å². The number of nitrogens with zero attached hydrogens (tertiary/aromatic N) is 4. The molecular weight excluding hydrogens is 317 g/mol. The van der Waals surface area contributed by atoms with E-state index in [9.17, 15) is 23.3 Å². The van der Waals surface area contributed by atoms with Crippen LogP contribution in [-0.2, 0) is 13.2 Å². The Labute approximate surface area is 128 Å². The Balaban J connectivity index is 1.86. The van der Waals surface area contributed by atoms with Crippen LogP contribution in [0.2, 0.25) is 0 Å². The summed E-state index contributed by atoms with van der Waals surface area (Å²) in [5.74, 6) is 0.233. The van der Waals surface area contributed by atoms with E-state index in [1.54, 1.807) is 7.05 Å². The lowest BCUT2D eigenvalue weighted by molar-refractivity contribution is -0.388. The molecule has 0 spiro atoms. The lowest BCUT2D eigenvalue weighted by Crippen LogP contribution is -2.16. The van der Waals surface area contributed by atoms with Gasteiger partial charge in [0.15, 0.2) is 0 Å². The summed E-state index contributed by atoms with van der Waals surface area (Å²) in [7, 11) is 1.60. The Morgan fingerprint density at radius 2 is 1.96 bits per heavy atom. The van der Waals surface area contributed by atoms with Crippen molar-refractivity contribution in [2.45, 2.75) is 6.18 Å². The van der Waals surface area contributed by atoms with E-state index >= 15 is 0 Å². The van der Waals surface area contributed by atoms with Crippen LogP contribution in [0.1, 0.15) is 5.56 Å². The number of rotatable bonds is 6. The van der Waals surface area contributed by atoms with Crippen LogP contribution in [0.25, 0.3) is 0 Å². The first kappa shape index (κ1) is 16.5. The highest BCUT2D eigenvalue weighted by Gasteiger charge is 2.30. The fourth-order valence-electron chi connectivity index (χ4n) is 1.79. The first-order chi connectivity index (χ1) is 10.8. The molecule has 0 fully saturated rings. The van der Waals surface area contributed by atoms with Crippen molar-refractivity contribution in [1.29, 1.82) is 0 Å². The number of alkyl halides is 3. The standard InChI is InChI=1S/C12H13F3N6O2/c1-20-7-19-11(21(22)23)10(20)17-5-4-16-9-3-2-8(6-18-9)12(13,14)15/h2-3,6-7,17H,4-5H2,1H3,(H,16,18). The van der Waals surface area contributed by atoms with Crippen molar-refractivity contribution in [3.8, 4) is 0 Å². The summed E-state index contributed by atoms with van der Waals surface area (Å²) < 4.78 is 38.6. The van der Waals surface area contributed by atoms with Gasteiger partial charge in [0.25, 0.3) is 0 Å². The molecule has 0 amide bonds. The maximum Gasteiger partial charge on any atom is 0.417 e. The molecule has 23 heavy (non-hydrogen) atoms. The molecule has 2 rings (SSSR count). The third-order valence-corrected chi connectivity index (χ3v) is 2.91. The molecule has 2 heterocycles. The summed E-state index contributed by atoms with van der Waals surface area (Å²) in [4.78, 5) is 17.5. The van der Waals surface area contributed by atoms with Crippen molar-refractivity contribution in [3.63, 3.8) is 0 Å². The minimum Gasteiger partial charge on any atom is -0.368 e. The molecule has 0 bridgehead atoms. The fraction of sp³-hybridized carbons (Fsp3) is 0.333. The maximum atomic E-state index is 12.4. The molecule has 0 radical (unpaired) electrons. The molecule has 0 aliphatic heterocycles. The van der Waals surface area contributed by atoms with E-state index in [0.717, 1.165) is 12.3 Å². The van der Waals surface area contributed by atoms with Gasteiger partial charge < -0.3 is 20.7 Å². The van der Waals surface area contributed by atoms with Crippen molar-refractivity contribution in [2.75, 3.05) is 23.7 Å². The minimum atomic E-state index is -4.43. The number of anilines is 2. The average molecular weight is 330 g/mol. The lowest BCUT2D eigenvalue weighted by Gasteiger charge is -2.09. The number of nitro groups is 1. The first-order valence-corrected chi connectivity index (χ1v) is 6.45. The van der Waals surface area contributed by atoms with Crippen molar-refractivity contribution in [1.82, 2.24) is 14.5 Å². The SMILES string of the molecule is Cn1cnc([N+](=O)[O-])c1NCCNc1ccc(C(F)(F)F)cn1. The van der Waals surface area contributed by atoms with Gasteiger partial charge in [0.2, 0.25) is 12.1 Å². The molecule has 0 saturated carbocycles. The van der Waals surface area contributed by atoms with Crippen LogP contribution in [0, 0.1) is 10.1 Å². The number of hydrogen-bond acceptors (Lipinski definition) is 6. The van der Waals surface area contributed by atoms with Crippen LogP contribution in [0.5, 0.6) is 0 Å². The molecule has 0 unspecified atom stereocenters. The number of hydrogen-bond donors (Lipinski definition) is 2. The molecule has 0 aliphatic carbocycles. The number of pyridine rings is 1. The van der Waals surface area contributed by atoms with Gasteiger partial charge in [0.1, 0.15) is 5.82 Å². The number of nitrogens with one attached hydrogen (secondary N) is 2. The highest BCUT2D eigenvalue weighted by Crippen LogP contribution is 2.28. The van der Waals surface area contributed by atoms with Gasteiger partial charge in [-0.05, 0) is 22.0 Å². The second-order valence-electron chi connectivity index (χ2n) is 4.57. The zero-order chi connectivity index (χ0) is 17.0. The molecule has 2 aromatic heterocycles. The number of aromatic nitrogens is 3. The van der Waals surface area contributed by atoms with E-state index < -0.39 is 16.7 Å². The second-order valence-corrected chi connectivity index (χ2v) is 4.57. The first-order valence-electron chi connectivity index (χ1n) is 6.45. The predicted octanol–water partition coefficient (Wildman–Crippen LogP) is 2.27. The highest BCUT2D eigenvalue weighted by molar-refractivity contribution is 5.52. The monoisotopic (exact) mass is 330 g/mol. The summed E-state index contributed by atoms with van der Waals surface area (Å²) in [5, 5.41) is 16.4. The van der Waals surface area contributed by atoms with Crippen molar-refractivity contribution in [2.24, 2.45) is 7.05 Å². The zero-order valence-electron chi connectivity index (χ0n) is 12.0. The van der Waals surface area contributed by atoms with Crippen LogP contribution >= 0.6 is 0 Å². The fourth-order valence-corrected chi connectivity index (χ4v) is 1.79. The Morgan fingerprint density at radius 1 is 1.26 bits per heavy atom. The van der Waals surface area contributed by atoms with E-state index in [2.05, 4.69) is 20.6 Å². The van der Waals surface area contributed by atoms with Gasteiger partial charge in [-0.15, -0.1) is 0 Å². The number of aryl methyl sites for hydroxylation is 1. The quantitative estimate of drug-likeness (QED) is 0.479. The Bertz CT molecular complexity index is 683. The van der Waals surface area contributed by atoms with Gasteiger partial charge in [-0.2, -0.15) is 13.2 Å². The van der Waals surface area contributed by atoms with Crippen molar-refractivity contribution in [3.05, 3.63) is 40.3 Å². The molecule has 124 valence electrons. The predicted molar refractivity (Wildman–Crippen MR) is 76.1 cm³/mol. The molecule has 11 heteroatoms. The molecule has 8 nitrogen and oxygen atoms in total. The van der Waals surface area contributed by atoms with Crippen LogP contribution in [-0.4, -0.2) is 32.5 Å². The Kier molecular flexibility index (Phi) is 4.67. The van der Waals surface area contributed by atoms with Crippen molar-refractivity contribution >= 4 is 17.5 Å². The van der Waals surface area contributed by atoms with Crippen molar-refractivity contribution < 1.29 is 18.1 Å². The molecule has 2 N–H and O–H groups in total. The Morgan fingerprint density at radius 3 is 2.52 bits per heavy atom. The maximum absolute atomic E-state index is 12.4. The van der Waals surface area contributed by atoms with Gasteiger partial charge >= 0.3 is 12.0 Å². The molecular formula is C12H13F3N6O2. The molecule has 2 aromatic rings. The third-order valence-electron chi connectivity index (χ3n) is 2.91. The second kappa shape index (κ2) is 6.50. The summed E-state index contributed by atoms with van der Waals surface area (Å²) in [6.45, 7) is 0.601. The largest absolute Gasteiger partial charge is 0.417 e. The summed E-state index contributed by atoms with van der Waals surface area (Å²) in [5.41, 5.74) is -0.827. The van der Waals surface area contributed by atoms with E-state index in [1.807, 2.05) is 0 Å². The van der Waals surface area contributed by atoms with E-state index in [4.69, 9.17) is 0 Å². The van der Waals surface area contributed by atoms with Crippen LogP contribution in [0.3, 0.4) is 0 Å². The van der Waals surface area contributed by atoms with Gasteiger partial charge in [-0.25, -0.2) is 4.98 Å². The summed E-state index contributed by atoms with van der Waals surface area (Å²) in [6, 6.07) is 2.14. The van der Waals surface area contributed by atoms with E-state index in [1.165, 1.54) is 17.0 Å². The molecule has 0 atom stereocenters.